The van der Waals surface area contributed by atoms with Crippen molar-refractivity contribution in [2.75, 3.05) is 19.0 Å². The summed E-state index contributed by atoms with van der Waals surface area (Å²) in [6.45, 7) is 6.90. The molecule has 0 bridgehead atoms. The highest BCUT2D eigenvalue weighted by Crippen LogP contribution is 2.32. The van der Waals surface area contributed by atoms with Crippen LogP contribution in [0.5, 0.6) is 0 Å². The molecule has 0 atom stereocenters. The molecule has 1 N–H and O–H groups in total. The Bertz CT molecular complexity index is 1150. The third-order valence-electron chi connectivity index (χ3n) is 4.57. The van der Waals surface area contributed by atoms with Crippen molar-refractivity contribution in [1.82, 2.24) is 14.8 Å². The highest BCUT2D eigenvalue weighted by atomic mass is 32.1. The van der Waals surface area contributed by atoms with Crippen LogP contribution in [-0.2, 0) is 14.3 Å². The lowest BCUT2D eigenvalue weighted by atomic mass is 10.1. The first-order chi connectivity index (χ1) is 14.7. The van der Waals surface area contributed by atoms with Crippen molar-refractivity contribution in [3.63, 3.8) is 0 Å². The number of hydrogen-bond donors (Lipinski definition) is 1. The molecule has 3 rings (SSSR count). The Hall–Kier alpha value is -3.53. The van der Waals surface area contributed by atoms with Crippen LogP contribution in [0.3, 0.4) is 0 Å². The lowest BCUT2D eigenvalue weighted by Crippen LogP contribution is -2.21. The number of rotatable bonds is 6. The lowest BCUT2D eigenvalue weighted by Gasteiger charge is -2.08. The van der Waals surface area contributed by atoms with Gasteiger partial charge in [-0.3, -0.25) is 4.79 Å². The van der Waals surface area contributed by atoms with Crippen molar-refractivity contribution in [1.29, 1.82) is 0 Å². The fourth-order valence-corrected chi connectivity index (χ4v) is 4.00. The van der Waals surface area contributed by atoms with Crippen LogP contribution in [-0.4, -0.2) is 46.3 Å². The topological polar surface area (TPSA) is 112 Å². The summed E-state index contributed by atoms with van der Waals surface area (Å²) in [5.41, 5.74) is 3.02. The molecule has 0 fully saturated rings. The Labute approximate surface area is 183 Å². The molecule has 1 amide bonds. The second-order valence-electron chi connectivity index (χ2n) is 6.85. The third kappa shape index (κ3) is 4.80. The van der Waals surface area contributed by atoms with Crippen molar-refractivity contribution in [2.45, 2.75) is 27.7 Å². The van der Waals surface area contributed by atoms with E-state index in [2.05, 4.69) is 15.4 Å². The summed E-state index contributed by atoms with van der Waals surface area (Å²) in [5, 5.41) is 7.31. The maximum atomic E-state index is 12.3. The number of nitrogens with one attached hydrogen (secondary N) is 1. The summed E-state index contributed by atoms with van der Waals surface area (Å²) in [5.74, 6) is -1.22. The van der Waals surface area contributed by atoms with Gasteiger partial charge < -0.3 is 14.8 Å². The lowest BCUT2D eigenvalue weighted by molar-refractivity contribution is -0.119. The first kappa shape index (κ1) is 22.2. The Balaban J connectivity index is 1.62. The SMILES string of the molecule is COC(=O)c1c(NC(=O)COC(=O)c2ccc(-n3nc(C)cc3C)nc2)sc(C)c1C. The van der Waals surface area contributed by atoms with Gasteiger partial charge in [-0.05, 0) is 51.5 Å². The summed E-state index contributed by atoms with van der Waals surface area (Å²) >= 11 is 1.25. The molecule has 0 spiro atoms. The number of carbonyl (C=O) groups excluding carboxylic acids is 3. The van der Waals surface area contributed by atoms with Crippen LogP contribution in [0.4, 0.5) is 5.00 Å². The molecule has 0 unspecified atom stereocenters. The standard InChI is InChI=1S/C21H22N4O5S/c1-11-8-12(2)25(24-11)16-7-6-15(9-22-16)20(27)30-10-17(26)23-19-18(21(28)29-5)13(3)14(4)31-19/h6-9H,10H2,1-5H3,(H,23,26). The maximum absolute atomic E-state index is 12.3. The second-order valence-corrected chi connectivity index (χ2v) is 8.07. The van der Waals surface area contributed by atoms with Crippen LogP contribution in [0.25, 0.3) is 5.82 Å². The van der Waals surface area contributed by atoms with Gasteiger partial charge in [0.05, 0.1) is 23.9 Å². The molecule has 3 heterocycles. The van der Waals surface area contributed by atoms with Crippen molar-refractivity contribution >= 4 is 34.2 Å². The maximum Gasteiger partial charge on any atom is 0.341 e. The summed E-state index contributed by atoms with van der Waals surface area (Å²) in [6.07, 6.45) is 1.37. The molecule has 0 saturated heterocycles. The third-order valence-corrected chi connectivity index (χ3v) is 5.69. The Morgan fingerprint density at radius 1 is 1.13 bits per heavy atom. The second kappa shape index (κ2) is 9.09. The first-order valence-electron chi connectivity index (χ1n) is 9.36. The summed E-state index contributed by atoms with van der Waals surface area (Å²) < 4.78 is 11.5. The number of nitrogens with zero attached hydrogens (tertiary/aromatic N) is 3. The summed E-state index contributed by atoms with van der Waals surface area (Å²) in [7, 11) is 1.27. The minimum Gasteiger partial charge on any atom is -0.465 e. The molecule has 9 nitrogen and oxygen atoms in total. The van der Waals surface area contributed by atoms with Crippen LogP contribution < -0.4 is 5.32 Å². The molecule has 0 saturated carbocycles. The highest BCUT2D eigenvalue weighted by Gasteiger charge is 2.22. The van der Waals surface area contributed by atoms with Crippen LogP contribution in [0.15, 0.2) is 24.4 Å². The minimum atomic E-state index is -0.686. The Morgan fingerprint density at radius 3 is 2.45 bits per heavy atom. The number of esters is 2. The number of aryl methyl sites for hydroxylation is 3. The molecular formula is C21H22N4O5S. The van der Waals surface area contributed by atoms with E-state index in [1.165, 1.54) is 24.6 Å². The van der Waals surface area contributed by atoms with Crippen LogP contribution in [0.1, 0.15) is 42.5 Å². The van der Waals surface area contributed by atoms with E-state index < -0.39 is 24.5 Å². The fourth-order valence-electron chi connectivity index (χ4n) is 2.93. The zero-order valence-electron chi connectivity index (χ0n) is 17.8. The van der Waals surface area contributed by atoms with Gasteiger partial charge in [-0.25, -0.2) is 19.3 Å². The van der Waals surface area contributed by atoms with Crippen LogP contribution in [0, 0.1) is 27.7 Å². The van der Waals surface area contributed by atoms with Gasteiger partial charge in [-0.1, -0.05) is 0 Å². The van der Waals surface area contributed by atoms with E-state index in [0.29, 0.717) is 16.4 Å². The summed E-state index contributed by atoms with van der Waals surface area (Å²) in [6, 6.07) is 5.13. The van der Waals surface area contributed by atoms with Gasteiger partial charge in [0.15, 0.2) is 12.4 Å². The fraction of sp³-hybridized carbons (Fsp3) is 0.286. The molecule has 0 aliphatic carbocycles. The van der Waals surface area contributed by atoms with Gasteiger partial charge in [-0.15, -0.1) is 11.3 Å². The number of methoxy groups -OCH3 is 1. The predicted molar refractivity (Wildman–Crippen MR) is 115 cm³/mol. The van der Waals surface area contributed by atoms with Crippen molar-refractivity contribution in [3.05, 3.63) is 57.4 Å². The quantitative estimate of drug-likeness (QED) is 0.584. The Morgan fingerprint density at radius 2 is 1.87 bits per heavy atom. The average Bonchev–Trinajstić information content (AvgIpc) is 3.23. The van der Waals surface area contributed by atoms with Crippen LogP contribution in [0.2, 0.25) is 0 Å². The van der Waals surface area contributed by atoms with Gasteiger partial charge in [0.1, 0.15) is 5.00 Å². The molecule has 10 heteroatoms. The zero-order valence-corrected chi connectivity index (χ0v) is 18.6. The van der Waals surface area contributed by atoms with Gasteiger partial charge >= 0.3 is 11.9 Å². The Kier molecular flexibility index (Phi) is 6.50. The number of pyridine rings is 1. The molecule has 0 radical (unpaired) electrons. The van der Waals surface area contributed by atoms with Gasteiger partial charge in [-0.2, -0.15) is 5.10 Å². The number of amides is 1. The van der Waals surface area contributed by atoms with E-state index >= 15 is 0 Å². The number of aromatic nitrogens is 3. The van der Waals surface area contributed by atoms with Gasteiger partial charge in [0.25, 0.3) is 5.91 Å². The molecule has 0 aliphatic heterocycles. The predicted octanol–water partition coefficient (Wildman–Crippen LogP) is 3.14. The first-order valence-corrected chi connectivity index (χ1v) is 10.2. The number of thiophene rings is 1. The highest BCUT2D eigenvalue weighted by molar-refractivity contribution is 7.16. The molecule has 0 aliphatic rings. The molecule has 0 aromatic carbocycles. The van der Waals surface area contributed by atoms with E-state index in [-0.39, 0.29) is 5.56 Å². The molecule has 3 aromatic heterocycles. The van der Waals surface area contributed by atoms with E-state index in [1.807, 2.05) is 26.8 Å². The average molecular weight is 442 g/mol. The molecule has 162 valence electrons. The van der Waals surface area contributed by atoms with E-state index in [4.69, 9.17) is 9.47 Å². The smallest absolute Gasteiger partial charge is 0.341 e. The number of anilines is 1. The van der Waals surface area contributed by atoms with Crippen molar-refractivity contribution in [3.8, 4) is 5.82 Å². The van der Waals surface area contributed by atoms with E-state index in [0.717, 1.165) is 21.8 Å². The largest absolute Gasteiger partial charge is 0.465 e. The molecular weight excluding hydrogens is 420 g/mol. The minimum absolute atomic E-state index is 0.205. The number of ether oxygens (including phenoxy) is 2. The summed E-state index contributed by atoms with van der Waals surface area (Å²) in [4.78, 5) is 41.6. The van der Waals surface area contributed by atoms with Gasteiger partial charge in [0.2, 0.25) is 0 Å². The monoisotopic (exact) mass is 442 g/mol. The molecule has 31 heavy (non-hydrogen) atoms. The number of hydrogen-bond acceptors (Lipinski definition) is 8. The van der Waals surface area contributed by atoms with E-state index in [1.54, 1.807) is 23.7 Å². The number of carbonyl (C=O) groups is 3. The zero-order chi connectivity index (χ0) is 22.7. The van der Waals surface area contributed by atoms with Crippen LogP contribution >= 0.6 is 11.3 Å². The van der Waals surface area contributed by atoms with Gasteiger partial charge in [0, 0.05) is 16.8 Å². The van der Waals surface area contributed by atoms with E-state index in [9.17, 15) is 14.4 Å². The normalized spacial score (nSPS) is 10.6. The van der Waals surface area contributed by atoms with Crippen molar-refractivity contribution in [2.24, 2.45) is 0 Å². The van der Waals surface area contributed by atoms with Crippen molar-refractivity contribution < 1.29 is 23.9 Å². The molecule has 3 aromatic rings.